The third-order valence-electron chi connectivity index (χ3n) is 3.89. The van der Waals surface area contributed by atoms with Crippen molar-refractivity contribution < 1.29 is 17.9 Å². The van der Waals surface area contributed by atoms with E-state index in [4.69, 9.17) is 4.74 Å². The van der Waals surface area contributed by atoms with Crippen LogP contribution in [0.15, 0.2) is 40.6 Å². The van der Waals surface area contributed by atoms with Crippen molar-refractivity contribution in [2.45, 2.75) is 31.4 Å². The second-order valence-corrected chi connectivity index (χ2v) is 8.87. The highest BCUT2D eigenvalue weighted by Gasteiger charge is 2.39. The van der Waals surface area contributed by atoms with Gasteiger partial charge in [0.05, 0.1) is 0 Å². The van der Waals surface area contributed by atoms with E-state index in [9.17, 15) is 13.2 Å². The molecule has 0 fully saturated rings. The fourth-order valence-electron chi connectivity index (χ4n) is 2.80. The van der Waals surface area contributed by atoms with E-state index < -0.39 is 15.6 Å². The Balaban J connectivity index is 1.65. The van der Waals surface area contributed by atoms with Crippen LogP contribution in [0.1, 0.15) is 20.8 Å². The van der Waals surface area contributed by atoms with Crippen LogP contribution in [0.2, 0.25) is 0 Å². The lowest BCUT2D eigenvalue weighted by atomic mass is 10.2. The first-order valence-corrected chi connectivity index (χ1v) is 9.20. The molecule has 0 aliphatic carbocycles. The zero-order valence-corrected chi connectivity index (χ0v) is 14.8. The summed E-state index contributed by atoms with van der Waals surface area (Å²) in [5, 5.41) is 0.0511. The lowest BCUT2D eigenvalue weighted by Gasteiger charge is -2.26. The van der Waals surface area contributed by atoms with Gasteiger partial charge in [0, 0.05) is 32.4 Å². The van der Waals surface area contributed by atoms with Crippen LogP contribution in [-0.4, -0.2) is 60.5 Å². The minimum atomic E-state index is -3.60. The molecule has 3 rings (SSSR count). The molecule has 130 valence electrons. The lowest BCUT2D eigenvalue weighted by molar-refractivity contribution is 0.0295. The second kappa shape index (κ2) is 5.86. The third kappa shape index (κ3) is 3.29. The lowest BCUT2D eigenvalue weighted by Crippen LogP contribution is -2.39. The Morgan fingerprint density at radius 2 is 1.75 bits per heavy atom. The van der Waals surface area contributed by atoms with Gasteiger partial charge in [-0.05, 0) is 44.1 Å². The monoisotopic (exact) mass is 351 g/mol. The molecule has 0 saturated carbocycles. The van der Waals surface area contributed by atoms with Crippen molar-refractivity contribution in [2.75, 3.05) is 26.2 Å². The highest BCUT2D eigenvalue weighted by Crippen LogP contribution is 2.30. The van der Waals surface area contributed by atoms with Gasteiger partial charge < -0.3 is 9.64 Å². The van der Waals surface area contributed by atoms with Gasteiger partial charge in [-0.3, -0.25) is 0 Å². The standard InChI is InChI=1S/C16H21N3O4S/c1-16(2,3)23-15(20)18-8-12-10-19(11-13(12)9-18)24(21,22)14-6-4-5-7-17-14/h4-7H,8-11H2,1-3H3. The Hall–Kier alpha value is -1.93. The molecule has 1 aromatic rings. The summed E-state index contributed by atoms with van der Waals surface area (Å²) >= 11 is 0. The van der Waals surface area contributed by atoms with E-state index in [1.807, 2.05) is 20.8 Å². The van der Waals surface area contributed by atoms with Gasteiger partial charge in [-0.1, -0.05) is 6.07 Å². The molecule has 1 amide bonds. The van der Waals surface area contributed by atoms with Crippen molar-refractivity contribution in [3.63, 3.8) is 0 Å². The molecular weight excluding hydrogens is 330 g/mol. The smallest absolute Gasteiger partial charge is 0.410 e. The van der Waals surface area contributed by atoms with Gasteiger partial charge in [-0.15, -0.1) is 0 Å². The zero-order chi connectivity index (χ0) is 17.5. The Bertz CT molecular complexity index is 763. The van der Waals surface area contributed by atoms with Gasteiger partial charge in [-0.25, -0.2) is 18.2 Å². The van der Waals surface area contributed by atoms with Crippen molar-refractivity contribution in [1.29, 1.82) is 0 Å². The zero-order valence-electron chi connectivity index (χ0n) is 14.0. The van der Waals surface area contributed by atoms with Crippen LogP contribution < -0.4 is 0 Å². The van der Waals surface area contributed by atoms with Gasteiger partial charge in [0.2, 0.25) is 0 Å². The molecule has 0 radical (unpaired) electrons. The molecule has 3 heterocycles. The number of rotatable bonds is 2. The van der Waals surface area contributed by atoms with Gasteiger partial charge >= 0.3 is 6.09 Å². The van der Waals surface area contributed by atoms with Crippen LogP contribution in [0.5, 0.6) is 0 Å². The Labute approximate surface area is 142 Å². The van der Waals surface area contributed by atoms with Crippen molar-refractivity contribution in [1.82, 2.24) is 14.2 Å². The highest BCUT2D eigenvalue weighted by atomic mass is 32.2. The Morgan fingerprint density at radius 3 is 2.25 bits per heavy atom. The second-order valence-electron chi connectivity index (χ2n) is 6.98. The molecule has 24 heavy (non-hydrogen) atoms. The summed E-state index contributed by atoms with van der Waals surface area (Å²) in [5.74, 6) is 0. The number of carbonyl (C=O) groups excluding carboxylic acids is 1. The molecule has 1 aromatic heterocycles. The van der Waals surface area contributed by atoms with Crippen LogP contribution in [0.3, 0.4) is 0 Å². The number of hydrogen-bond acceptors (Lipinski definition) is 5. The minimum Gasteiger partial charge on any atom is -0.444 e. The molecule has 2 aliphatic rings. The number of sulfonamides is 1. The molecule has 0 bridgehead atoms. The average molecular weight is 351 g/mol. The maximum atomic E-state index is 12.6. The number of carbonyl (C=O) groups is 1. The summed E-state index contributed by atoms with van der Waals surface area (Å²) < 4.78 is 32.0. The molecule has 0 spiro atoms. The number of aromatic nitrogens is 1. The maximum Gasteiger partial charge on any atom is 0.410 e. The van der Waals surface area contributed by atoms with Gasteiger partial charge in [-0.2, -0.15) is 4.31 Å². The average Bonchev–Trinajstić information content (AvgIpc) is 3.05. The first-order valence-electron chi connectivity index (χ1n) is 7.76. The van der Waals surface area contributed by atoms with Crippen LogP contribution in [0, 0.1) is 0 Å². The summed E-state index contributed by atoms with van der Waals surface area (Å²) in [7, 11) is -3.60. The van der Waals surface area contributed by atoms with Crippen LogP contribution in [0.4, 0.5) is 4.79 Å². The molecule has 2 aliphatic heterocycles. The fourth-order valence-corrected chi connectivity index (χ4v) is 4.16. The van der Waals surface area contributed by atoms with Gasteiger partial charge in [0.25, 0.3) is 10.0 Å². The van der Waals surface area contributed by atoms with Crippen molar-refractivity contribution >= 4 is 16.1 Å². The Morgan fingerprint density at radius 1 is 1.12 bits per heavy atom. The van der Waals surface area contributed by atoms with E-state index in [1.54, 1.807) is 17.0 Å². The quantitative estimate of drug-likeness (QED) is 0.757. The predicted molar refractivity (Wildman–Crippen MR) is 87.8 cm³/mol. The number of amides is 1. The van der Waals surface area contributed by atoms with E-state index in [2.05, 4.69) is 4.98 Å². The van der Waals surface area contributed by atoms with Crippen molar-refractivity contribution in [3.8, 4) is 0 Å². The van der Waals surface area contributed by atoms with Crippen LogP contribution in [-0.2, 0) is 14.8 Å². The fraction of sp³-hybridized carbons (Fsp3) is 0.500. The molecule has 7 nitrogen and oxygen atoms in total. The molecule has 0 atom stereocenters. The largest absolute Gasteiger partial charge is 0.444 e. The van der Waals surface area contributed by atoms with E-state index in [-0.39, 0.29) is 11.1 Å². The summed E-state index contributed by atoms with van der Waals surface area (Å²) in [6, 6.07) is 4.83. The summed E-state index contributed by atoms with van der Waals surface area (Å²) in [6.45, 7) is 6.90. The molecule has 8 heteroatoms. The number of pyridine rings is 1. The van der Waals surface area contributed by atoms with Crippen LogP contribution in [0.25, 0.3) is 0 Å². The molecule has 0 unspecified atom stereocenters. The molecular formula is C16H21N3O4S. The van der Waals surface area contributed by atoms with E-state index in [1.165, 1.54) is 16.6 Å². The summed E-state index contributed by atoms with van der Waals surface area (Å²) in [5.41, 5.74) is 1.40. The molecule has 0 aromatic carbocycles. The first-order chi connectivity index (χ1) is 11.2. The minimum absolute atomic E-state index is 0.0511. The number of hydrogen-bond donors (Lipinski definition) is 0. The topological polar surface area (TPSA) is 79.8 Å². The summed E-state index contributed by atoms with van der Waals surface area (Å²) in [6.07, 6.45) is 1.10. The molecule has 0 saturated heterocycles. The van der Waals surface area contributed by atoms with Gasteiger partial charge in [0.1, 0.15) is 5.60 Å². The number of ether oxygens (including phenoxy) is 1. The Kier molecular flexibility index (Phi) is 4.13. The number of nitrogens with zero attached hydrogens (tertiary/aromatic N) is 3. The molecule has 0 N–H and O–H groups in total. The van der Waals surface area contributed by atoms with E-state index in [0.717, 1.165) is 11.1 Å². The van der Waals surface area contributed by atoms with E-state index in [0.29, 0.717) is 26.2 Å². The first kappa shape index (κ1) is 16.9. The predicted octanol–water partition coefficient (Wildman–Crippen LogP) is 1.63. The van der Waals surface area contributed by atoms with E-state index >= 15 is 0 Å². The van der Waals surface area contributed by atoms with Crippen molar-refractivity contribution in [2.24, 2.45) is 0 Å². The summed E-state index contributed by atoms with van der Waals surface area (Å²) in [4.78, 5) is 17.7. The van der Waals surface area contributed by atoms with Crippen LogP contribution >= 0.6 is 0 Å². The SMILES string of the molecule is CC(C)(C)OC(=O)N1CC2=C(C1)CN(S(=O)(=O)c1ccccn1)C2. The van der Waals surface area contributed by atoms with Crippen molar-refractivity contribution in [3.05, 3.63) is 35.5 Å². The maximum absolute atomic E-state index is 12.6. The third-order valence-corrected chi connectivity index (χ3v) is 5.60. The van der Waals surface area contributed by atoms with Gasteiger partial charge in [0.15, 0.2) is 5.03 Å². The normalized spacial score (nSPS) is 18.9. The highest BCUT2D eigenvalue weighted by molar-refractivity contribution is 7.89.